The van der Waals surface area contributed by atoms with E-state index in [0.717, 1.165) is 4.90 Å². The fourth-order valence-electron chi connectivity index (χ4n) is 1.08. The van der Waals surface area contributed by atoms with Gasteiger partial charge in [-0.25, -0.2) is 9.97 Å². The second kappa shape index (κ2) is 4.91. The Balaban J connectivity index is 2.35. The number of hydrogen-bond donors (Lipinski definition) is 1. The van der Waals surface area contributed by atoms with Crippen LogP contribution in [0.4, 0.5) is 5.82 Å². The lowest BCUT2D eigenvalue weighted by atomic mass is 10.4. The zero-order chi connectivity index (χ0) is 11.5. The number of benzene rings is 1. The van der Waals surface area contributed by atoms with Crippen LogP contribution in [-0.2, 0) is 0 Å². The molecule has 1 heterocycles. The first-order valence-corrected chi connectivity index (χ1v) is 5.94. The lowest BCUT2D eigenvalue weighted by molar-refractivity contribution is 1.07. The number of nitrogens with two attached hydrogens (primary N) is 1. The van der Waals surface area contributed by atoms with Gasteiger partial charge in [-0.3, -0.25) is 0 Å². The summed E-state index contributed by atoms with van der Waals surface area (Å²) in [6.07, 6.45) is 3.12. The van der Waals surface area contributed by atoms with Crippen molar-refractivity contribution in [3.05, 3.63) is 40.6 Å². The number of nitrogen functional groups attached to an aromatic ring is 1. The molecule has 2 rings (SSSR count). The van der Waals surface area contributed by atoms with Crippen molar-refractivity contribution in [2.75, 3.05) is 5.73 Å². The van der Waals surface area contributed by atoms with E-state index >= 15 is 0 Å². The number of rotatable bonds is 2. The first kappa shape index (κ1) is 11.5. The molecule has 1 aromatic heterocycles. The Morgan fingerprint density at radius 1 is 1.12 bits per heavy atom. The molecule has 3 nitrogen and oxygen atoms in total. The highest BCUT2D eigenvalue weighted by Crippen LogP contribution is 2.37. The smallest absolute Gasteiger partial charge is 0.156 e. The lowest BCUT2D eigenvalue weighted by Crippen LogP contribution is -1.94. The predicted molar refractivity (Wildman–Crippen MR) is 67.0 cm³/mol. The van der Waals surface area contributed by atoms with Gasteiger partial charge in [0.15, 0.2) is 5.82 Å². The zero-order valence-corrected chi connectivity index (χ0v) is 10.4. The number of halogens is 2. The maximum atomic E-state index is 6.05. The predicted octanol–water partition coefficient (Wildman–Crippen LogP) is 3.52. The van der Waals surface area contributed by atoms with E-state index in [4.69, 9.17) is 28.9 Å². The molecule has 0 unspecified atom stereocenters. The zero-order valence-electron chi connectivity index (χ0n) is 8.02. The van der Waals surface area contributed by atoms with E-state index in [1.54, 1.807) is 18.5 Å². The van der Waals surface area contributed by atoms with Crippen LogP contribution in [0.2, 0.25) is 10.0 Å². The number of aromatic nitrogens is 2. The molecule has 2 aromatic rings. The minimum Gasteiger partial charge on any atom is -0.381 e. The van der Waals surface area contributed by atoms with E-state index < -0.39 is 0 Å². The molecular formula is C10H7Cl2N3S. The molecule has 0 radical (unpaired) electrons. The van der Waals surface area contributed by atoms with Gasteiger partial charge < -0.3 is 5.73 Å². The molecular weight excluding hydrogens is 265 g/mol. The second-order valence-electron chi connectivity index (χ2n) is 2.90. The number of nitrogens with zero attached hydrogens (tertiary/aromatic N) is 2. The monoisotopic (exact) mass is 271 g/mol. The Bertz CT molecular complexity index is 519. The maximum absolute atomic E-state index is 6.05. The Kier molecular flexibility index (Phi) is 3.53. The Morgan fingerprint density at radius 2 is 1.88 bits per heavy atom. The topological polar surface area (TPSA) is 51.8 Å². The molecule has 0 saturated carbocycles. The molecule has 0 bridgehead atoms. The lowest BCUT2D eigenvalue weighted by Gasteiger charge is -2.05. The molecule has 0 aliphatic rings. The summed E-state index contributed by atoms with van der Waals surface area (Å²) in [5.41, 5.74) is 5.69. The molecule has 0 atom stereocenters. The van der Waals surface area contributed by atoms with E-state index in [1.165, 1.54) is 11.8 Å². The van der Waals surface area contributed by atoms with Crippen LogP contribution in [0, 0.1) is 0 Å². The quantitative estimate of drug-likeness (QED) is 0.908. The van der Waals surface area contributed by atoms with E-state index in [1.807, 2.05) is 12.1 Å². The summed E-state index contributed by atoms with van der Waals surface area (Å²) in [5.74, 6) is 0.378. The standard InChI is InChI=1S/C10H7Cl2N3S/c11-6-2-1-3-7(8(6)12)16-10-9(13)14-4-5-15-10/h1-5H,(H2,13,14). The molecule has 2 N–H and O–H groups in total. The van der Waals surface area contributed by atoms with Crippen molar-refractivity contribution < 1.29 is 0 Å². The summed E-state index contributed by atoms with van der Waals surface area (Å²) >= 11 is 13.3. The van der Waals surface area contributed by atoms with Crippen molar-refractivity contribution in [3.63, 3.8) is 0 Å². The molecule has 1 aromatic carbocycles. The van der Waals surface area contributed by atoms with Crippen LogP contribution in [0.5, 0.6) is 0 Å². The van der Waals surface area contributed by atoms with Gasteiger partial charge >= 0.3 is 0 Å². The molecule has 16 heavy (non-hydrogen) atoms. The van der Waals surface area contributed by atoms with Crippen molar-refractivity contribution in [1.82, 2.24) is 9.97 Å². The maximum Gasteiger partial charge on any atom is 0.156 e. The third kappa shape index (κ3) is 2.40. The fraction of sp³-hybridized carbons (Fsp3) is 0. The normalized spacial score (nSPS) is 10.4. The second-order valence-corrected chi connectivity index (χ2v) is 4.72. The average molecular weight is 272 g/mol. The minimum atomic E-state index is 0.378. The fourth-order valence-corrected chi connectivity index (χ4v) is 2.38. The molecule has 0 amide bonds. The third-order valence-corrected chi connectivity index (χ3v) is 3.81. The van der Waals surface area contributed by atoms with Gasteiger partial charge in [-0.2, -0.15) is 0 Å². The largest absolute Gasteiger partial charge is 0.381 e. The van der Waals surface area contributed by atoms with Gasteiger partial charge in [0.2, 0.25) is 0 Å². The Morgan fingerprint density at radius 3 is 2.62 bits per heavy atom. The Labute approximate surface area is 107 Å². The van der Waals surface area contributed by atoms with Gasteiger partial charge in [-0.05, 0) is 12.1 Å². The average Bonchev–Trinajstić information content (AvgIpc) is 2.28. The van der Waals surface area contributed by atoms with E-state index in [9.17, 15) is 0 Å². The molecule has 0 fully saturated rings. The van der Waals surface area contributed by atoms with E-state index in [-0.39, 0.29) is 0 Å². The highest BCUT2D eigenvalue weighted by molar-refractivity contribution is 7.99. The van der Waals surface area contributed by atoms with Crippen LogP contribution >= 0.6 is 35.0 Å². The molecule has 0 spiro atoms. The van der Waals surface area contributed by atoms with Crippen molar-refractivity contribution in [2.45, 2.75) is 9.92 Å². The first-order chi connectivity index (χ1) is 7.68. The SMILES string of the molecule is Nc1nccnc1Sc1cccc(Cl)c1Cl. The number of anilines is 1. The van der Waals surface area contributed by atoms with Crippen LogP contribution < -0.4 is 5.73 Å². The van der Waals surface area contributed by atoms with Crippen molar-refractivity contribution in [3.8, 4) is 0 Å². The highest BCUT2D eigenvalue weighted by atomic mass is 35.5. The first-order valence-electron chi connectivity index (χ1n) is 4.37. The van der Waals surface area contributed by atoms with Crippen LogP contribution in [0.1, 0.15) is 0 Å². The molecule has 6 heteroatoms. The molecule has 82 valence electrons. The van der Waals surface area contributed by atoms with Gasteiger partial charge in [0.25, 0.3) is 0 Å². The van der Waals surface area contributed by atoms with Gasteiger partial charge in [-0.1, -0.05) is 41.0 Å². The summed E-state index contributed by atoms with van der Waals surface area (Å²) in [6, 6.07) is 5.41. The Hall–Kier alpha value is -0.970. The third-order valence-electron chi connectivity index (χ3n) is 1.81. The van der Waals surface area contributed by atoms with Gasteiger partial charge in [-0.15, -0.1) is 0 Å². The van der Waals surface area contributed by atoms with E-state index in [0.29, 0.717) is 20.9 Å². The summed E-state index contributed by atoms with van der Waals surface area (Å²) < 4.78 is 0. The van der Waals surface area contributed by atoms with E-state index in [2.05, 4.69) is 9.97 Å². The van der Waals surface area contributed by atoms with Crippen molar-refractivity contribution in [2.24, 2.45) is 0 Å². The molecule has 0 saturated heterocycles. The van der Waals surface area contributed by atoms with Crippen molar-refractivity contribution >= 4 is 40.8 Å². The summed E-state index contributed by atoms with van der Waals surface area (Å²) in [7, 11) is 0. The van der Waals surface area contributed by atoms with Gasteiger partial charge in [0.1, 0.15) is 5.03 Å². The molecule has 0 aliphatic heterocycles. The van der Waals surface area contributed by atoms with Crippen LogP contribution in [0.15, 0.2) is 40.5 Å². The summed E-state index contributed by atoms with van der Waals surface area (Å²) in [4.78, 5) is 8.87. The summed E-state index contributed by atoms with van der Waals surface area (Å²) in [5, 5.41) is 1.63. The molecule has 0 aliphatic carbocycles. The van der Waals surface area contributed by atoms with Crippen LogP contribution in [0.25, 0.3) is 0 Å². The van der Waals surface area contributed by atoms with Crippen molar-refractivity contribution in [1.29, 1.82) is 0 Å². The van der Waals surface area contributed by atoms with Gasteiger partial charge in [0, 0.05) is 17.3 Å². The highest BCUT2D eigenvalue weighted by Gasteiger charge is 2.09. The van der Waals surface area contributed by atoms with Crippen LogP contribution in [0.3, 0.4) is 0 Å². The van der Waals surface area contributed by atoms with Gasteiger partial charge in [0.05, 0.1) is 10.0 Å². The minimum absolute atomic E-state index is 0.378. The van der Waals surface area contributed by atoms with Crippen LogP contribution in [-0.4, -0.2) is 9.97 Å². The summed E-state index contributed by atoms with van der Waals surface area (Å²) in [6.45, 7) is 0. The number of hydrogen-bond acceptors (Lipinski definition) is 4.